The summed E-state index contributed by atoms with van der Waals surface area (Å²) in [5.41, 5.74) is 0.883. The van der Waals surface area contributed by atoms with Crippen LogP contribution < -0.4 is 0 Å². The first-order chi connectivity index (χ1) is 5.74. The zero-order valence-corrected chi connectivity index (χ0v) is 7.32. The maximum absolute atomic E-state index is 10.2. The van der Waals surface area contributed by atoms with Crippen molar-refractivity contribution in [3.05, 3.63) is 22.0 Å². The van der Waals surface area contributed by atoms with Gasteiger partial charge in [-0.25, -0.2) is 0 Å². The highest BCUT2D eigenvalue weighted by Gasteiger charge is 2.15. The van der Waals surface area contributed by atoms with Crippen LogP contribution in [-0.2, 0) is 0 Å². The van der Waals surface area contributed by atoms with E-state index in [1.165, 1.54) is 0 Å². The van der Waals surface area contributed by atoms with Gasteiger partial charge in [-0.05, 0) is 26.2 Å². The van der Waals surface area contributed by atoms with Crippen molar-refractivity contribution in [3.8, 4) is 0 Å². The van der Waals surface area contributed by atoms with Crippen LogP contribution in [0.25, 0.3) is 0 Å². The van der Waals surface area contributed by atoms with Crippen molar-refractivity contribution in [1.82, 2.24) is 4.90 Å². The van der Waals surface area contributed by atoms with Gasteiger partial charge in [-0.2, -0.15) is 0 Å². The van der Waals surface area contributed by atoms with Crippen LogP contribution in [0.4, 0.5) is 0 Å². The molecule has 1 heterocycles. The van der Waals surface area contributed by atoms with Crippen molar-refractivity contribution in [2.24, 2.45) is 0 Å². The number of piperidine rings is 1. The molecule has 4 nitrogen and oxygen atoms in total. The number of allylic oxidation sites excluding steroid dienone is 1. The van der Waals surface area contributed by atoms with Gasteiger partial charge in [-0.3, -0.25) is 10.1 Å². The lowest BCUT2D eigenvalue weighted by Crippen LogP contribution is -2.28. The number of nitrogens with zero attached hydrogens (tertiary/aromatic N) is 2. The minimum absolute atomic E-state index is 0.358. The fourth-order valence-corrected chi connectivity index (χ4v) is 1.54. The number of likely N-dealkylation sites (tertiary alicyclic amines) is 1. The molecule has 1 rings (SSSR count). The average Bonchev–Trinajstić information content (AvgIpc) is 2.04. The Morgan fingerprint density at radius 3 is 3.00 bits per heavy atom. The van der Waals surface area contributed by atoms with Crippen LogP contribution in [0.2, 0.25) is 0 Å². The third-order valence-electron chi connectivity index (χ3n) is 2.15. The number of nitro groups is 1. The molecule has 0 bridgehead atoms. The van der Waals surface area contributed by atoms with Gasteiger partial charge in [0.05, 0.1) is 10.6 Å². The van der Waals surface area contributed by atoms with Crippen LogP contribution >= 0.6 is 0 Å². The highest BCUT2D eigenvalue weighted by Crippen LogP contribution is 2.19. The van der Waals surface area contributed by atoms with Gasteiger partial charge in [0.2, 0.25) is 0 Å². The highest BCUT2D eigenvalue weighted by molar-refractivity contribution is 4.99. The minimum atomic E-state index is -0.358. The summed E-state index contributed by atoms with van der Waals surface area (Å²) in [6, 6.07) is 0. The Bertz CT molecular complexity index is 201. The van der Waals surface area contributed by atoms with E-state index in [1.807, 2.05) is 6.92 Å². The predicted molar refractivity (Wildman–Crippen MR) is 46.2 cm³/mol. The average molecular weight is 170 g/mol. The second kappa shape index (κ2) is 4.09. The molecule has 1 aliphatic heterocycles. The number of rotatable bonds is 2. The van der Waals surface area contributed by atoms with Gasteiger partial charge < -0.3 is 4.90 Å². The molecule has 68 valence electrons. The molecule has 1 fully saturated rings. The largest absolute Gasteiger partial charge is 0.370 e. The second-order valence-corrected chi connectivity index (χ2v) is 2.94. The molecule has 0 atom stereocenters. The zero-order valence-electron chi connectivity index (χ0n) is 7.32. The lowest BCUT2D eigenvalue weighted by atomic mass is 10.1. The van der Waals surface area contributed by atoms with Crippen molar-refractivity contribution < 1.29 is 4.92 Å². The van der Waals surface area contributed by atoms with Gasteiger partial charge >= 0.3 is 0 Å². The van der Waals surface area contributed by atoms with Crippen molar-refractivity contribution in [2.75, 3.05) is 13.1 Å². The smallest absolute Gasteiger partial charge is 0.253 e. The van der Waals surface area contributed by atoms with Gasteiger partial charge in [-0.15, -0.1) is 0 Å². The van der Waals surface area contributed by atoms with Crippen LogP contribution in [0.3, 0.4) is 0 Å². The van der Waals surface area contributed by atoms with E-state index < -0.39 is 0 Å². The first kappa shape index (κ1) is 9.03. The maximum atomic E-state index is 10.2. The maximum Gasteiger partial charge on any atom is 0.253 e. The Kier molecular flexibility index (Phi) is 3.08. The molecule has 0 aromatic carbocycles. The summed E-state index contributed by atoms with van der Waals surface area (Å²) in [4.78, 5) is 11.9. The van der Waals surface area contributed by atoms with E-state index in [4.69, 9.17) is 0 Å². The fourth-order valence-electron chi connectivity index (χ4n) is 1.54. The minimum Gasteiger partial charge on any atom is -0.370 e. The fraction of sp³-hybridized carbons (Fsp3) is 0.750. The highest BCUT2D eigenvalue weighted by atomic mass is 16.6. The van der Waals surface area contributed by atoms with Crippen LogP contribution in [0.5, 0.6) is 0 Å². The van der Waals surface area contributed by atoms with Crippen molar-refractivity contribution >= 4 is 0 Å². The molecule has 0 unspecified atom stereocenters. The molecule has 0 spiro atoms. The van der Waals surface area contributed by atoms with Gasteiger partial charge in [0, 0.05) is 13.1 Å². The number of hydrogen-bond acceptors (Lipinski definition) is 3. The lowest BCUT2D eigenvalue weighted by molar-refractivity contribution is -0.404. The molecule has 0 N–H and O–H groups in total. The Morgan fingerprint density at radius 2 is 2.42 bits per heavy atom. The molecule has 1 aliphatic rings. The van der Waals surface area contributed by atoms with Gasteiger partial charge in [0.25, 0.3) is 6.20 Å². The van der Waals surface area contributed by atoms with Crippen LogP contribution in [0, 0.1) is 10.1 Å². The van der Waals surface area contributed by atoms with Crippen LogP contribution in [-0.4, -0.2) is 22.9 Å². The predicted octanol–water partition coefficient (Wildman–Crippen LogP) is 1.61. The summed E-state index contributed by atoms with van der Waals surface area (Å²) in [7, 11) is 0. The van der Waals surface area contributed by atoms with Crippen molar-refractivity contribution in [3.63, 3.8) is 0 Å². The van der Waals surface area contributed by atoms with Gasteiger partial charge in [0.15, 0.2) is 0 Å². The first-order valence-corrected chi connectivity index (χ1v) is 4.33. The van der Waals surface area contributed by atoms with E-state index >= 15 is 0 Å². The molecular weight excluding hydrogens is 156 g/mol. The second-order valence-electron chi connectivity index (χ2n) is 2.94. The third-order valence-corrected chi connectivity index (χ3v) is 2.15. The molecule has 12 heavy (non-hydrogen) atoms. The summed E-state index contributed by atoms with van der Waals surface area (Å²) in [5.74, 6) is 0. The molecule has 0 aliphatic carbocycles. The van der Waals surface area contributed by atoms with E-state index in [2.05, 4.69) is 4.90 Å². The van der Waals surface area contributed by atoms with Gasteiger partial charge in [0.1, 0.15) is 0 Å². The van der Waals surface area contributed by atoms with Crippen LogP contribution in [0.15, 0.2) is 11.9 Å². The van der Waals surface area contributed by atoms with E-state index in [1.54, 1.807) is 0 Å². The third kappa shape index (κ3) is 2.22. The molecule has 4 heteroatoms. The van der Waals surface area contributed by atoms with Crippen molar-refractivity contribution in [1.29, 1.82) is 0 Å². The first-order valence-electron chi connectivity index (χ1n) is 4.33. The molecule has 0 saturated carbocycles. The van der Waals surface area contributed by atoms with Crippen LogP contribution in [0.1, 0.15) is 26.2 Å². The standard InChI is InChI=1S/C8H14N2O2/c1-2-9-6-4-3-5-8(9)7-10(11)12/h7H,2-6H2,1H3. The SMILES string of the molecule is CCN1CCCCC1=C[N+](=O)[O-]. The molecule has 0 amide bonds. The molecule has 0 aromatic rings. The Morgan fingerprint density at radius 1 is 1.67 bits per heavy atom. The summed E-state index contributed by atoms with van der Waals surface area (Å²) >= 11 is 0. The summed E-state index contributed by atoms with van der Waals surface area (Å²) < 4.78 is 0. The van der Waals surface area contributed by atoms with Crippen molar-refractivity contribution in [2.45, 2.75) is 26.2 Å². The summed E-state index contributed by atoms with van der Waals surface area (Å²) in [6.45, 7) is 3.87. The normalized spacial score (nSPS) is 21.4. The topological polar surface area (TPSA) is 46.4 Å². The Hall–Kier alpha value is -1.06. The zero-order chi connectivity index (χ0) is 8.97. The van der Waals surface area contributed by atoms with E-state index in [0.717, 1.165) is 44.2 Å². The molecule has 1 saturated heterocycles. The van der Waals surface area contributed by atoms with Gasteiger partial charge in [-0.1, -0.05) is 0 Å². The summed E-state index contributed by atoms with van der Waals surface area (Å²) in [6.07, 6.45) is 4.23. The summed E-state index contributed by atoms with van der Waals surface area (Å²) in [5, 5.41) is 10.2. The number of hydrogen-bond donors (Lipinski definition) is 0. The monoisotopic (exact) mass is 170 g/mol. The quantitative estimate of drug-likeness (QED) is 0.467. The molecular formula is C8H14N2O2. The molecule has 0 radical (unpaired) electrons. The van der Waals surface area contributed by atoms with E-state index in [9.17, 15) is 10.1 Å². The Labute approximate surface area is 72.0 Å². The van der Waals surface area contributed by atoms with E-state index in [0.29, 0.717) is 0 Å². The van der Waals surface area contributed by atoms with E-state index in [-0.39, 0.29) is 4.92 Å². The lowest BCUT2D eigenvalue weighted by Gasteiger charge is -2.28. The Balaban J connectivity index is 2.64. The molecule has 0 aromatic heterocycles.